The lowest BCUT2D eigenvalue weighted by Crippen LogP contribution is -2.45. The van der Waals surface area contributed by atoms with E-state index in [9.17, 15) is 5.11 Å². The molecule has 0 aromatic heterocycles. The summed E-state index contributed by atoms with van der Waals surface area (Å²) < 4.78 is 5.34. The van der Waals surface area contributed by atoms with Crippen LogP contribution in [0.3, 0.4) is 0 Å². The minimum atomic E-state index is -0.603. The summed E-state index contributed by atoms with van der Waals surface area (Å²) in [6, 6.07) is 9.41. The molecule has 3 nitrogen and oxygen atoms in total. The number of hydrogen-bond acceptors (Lipinski definition) is 3. The Bertz CT molecular complexity index is 473. The van der Waals surface area contributed by atoms with Gasteiger partial charge >= 0.3 is 0 Å². The van der Waals surface area contributed by atoms with E-state index in [0.717, 1.165) is 18.8 Å². The van der Waals surface area contributed by atoms with Gasteiger partial charge in [0.1, 0.15) is 0 Å². The Labute approximate surface area is 140 Å². The van der Waals surface area contributed by atoms with Crippen LogP contribution >= 0.6 is 0 Å². The molecule has 1 aliphatic carbocycles. The SMILES string of the molecule is CC(NCC1(O)CCOCC1)c1ccc(C2CCCCC2)cc1. The zero-order valence-electron chi connectivity index (χ0n) is 14.4. The Morgan fingerprint density at radius 2 is 1.78 bits per heavy atom. The van der Waals surface area contributed by atoms with Crippen molar-refractivity contribution in [2.75, 3.05) is 19.8 Å². The zero-order valence-corrected chi connectivity index (χ0v) is 14.4. The third kappa shape index (κ3) is 4.56. The molecule has 3 heteroatoms. The second-order valence-corrected chi connectivity index (χ2v) is 7.44. The molecule has 1 unspecified atom stereocenters. The van der Waals surface area contributed by atoms with E-state index in [1.54, 1.807) is 0 Å². The standard InChI is InChI=1S/C20H31NO2/c1-16(21-15-20(22)11-13-23-14-12-20)17-7-9-19(10-8-17)18-5-3-2-4-6-18/h7-10,16,18,21-22H,2-6,11-15H2,1H3. The predicted molar refractivity (Wildman–Crippen MR) is 93.7 cm³/mol. The molecule has 1 saturated heterocycles. The quantitative estimate of drug-likeness (QED) is 0.864. The average molecular weight is 317 g/mol. The fourth-order valence-electron chi connectivity index (χ4n) is 3.88. The van der Waals surface area contributed by atoms with E-state index in [2.05, 4.69) is 36.5 Å². The first-order valence-electron chi connectivity index (χ1n) is 9.30. The van der Waals surface area contributed by atoms with Gasteiger partial charge in [0.2, 0.25) is 0 Å². The number of benzene rings is 1. The van der Waals surface area contributed by atoms with Crippen LogP contribution in [0.1, 0.15) is 75.0 Å². The first-order valence-corrected chi connectivity index (χ1v) is 9.30. The summed E-state index contributed by atoms with van der Waals surface area (Å²) in [6.45, 7) is 4.16. The van der Waals surface area contributed by atoms with E-state index >= 15 is 0 Å². The van der Waals surface area contributed by atoms with Crippen molar-refractivity contribution in [3.63, 3.8) is 0 Å². The maximum absolute atomic E-state index is 10.5. The van der Waals surface area contributed by atoms with Gasteiger partial charge in [-0.05, 0) is 36.8 Å². The number of ether oxygens (including phenoxy) is 1. The highest BCUT2D eigenvalue weighted by atomic mass is 16.5. The molecule has 3 rings (SSSR count). The van der Waals surface area contributed by atoms with Crippen LogP contribution in [0.15, 0.2) is 24.3 Å². The van der Waals surface area contributed by atoms with Gasteiger partial charge in [0.15, 0.2) is 0 Å². The van der Waals surface area contributed by atoms with Gasteiger partial charge in [0, 0.05) is 38.6 Å². The lowest BCUT2D eigenvalue weighted by atomic mass is 9.84. The van der Waals surface area contributed by atoms with Gasteiger partial charge in [-0.1, -0.05) is 43.5 Å². The molecule has 0 bridgehead atoms. The predicted octanol–water partition coefficient (Wildman–Crippen LogP) is 3.93. The summed E-state index contributed by atoms with van der Waals surface area (Å²) in [5, 5.41) is 14.0. The molecule has 23 heavy (non-hydrogen) atoms. The van der Waals surface area contributed by atoms with Crippen molar-refractivity contribution >= 4 is 0 Å². The third-order valence-corrected chi connectivity index (χ3v) is 5.67. The maximum atomic E-state index is 10.5. The highest BCUT2D eigenvalue weighted by Crippen LogP contribution is 2.33. The van der Waals surface area contributed by atoms with E-state index < -0.39 is 5.60 Å². The summed E-state index contributed by atoms with van der Waals surface area (Å²) in [5.41, 5.74) is 2.21. The lowest BCUT2D eigenvalue weighted by molar-refractivity contribution is -0.0626. The molecule has 2 aliphatic rings. The molecular weight excluding hydrogens is 286 g/mol. The third-order valence-electron chi connectivity index (χ3n) is 5.67. The van der Waals surface area contributed by atoms with Crippen LogP contribution < -0.4 is 5.32 Å². The van der Waals surface area contributed by atoms with Crippen LogP contribution in [0.2, 0.25) is 0 Å². The van der Waals surface area contributed by atoms with Gasteiger partial charge in [-0.25, -0.2) is 0 Å². The van der Waals surface area contributed by atoms with Crippen LogP contribution in [0.25, 0.3) is 0 Å². The highest BCUT2D eigenvalue weighted by Gasteiger charge is 2.29. The Morgan fingerprint density at radius 3 is 2.43 bits per heavy atom. The van der Waals surface area contributed by atoms with E-state index in [0.29, 0.717) is 19.8 Å². The molecule has 1 aromatic rings. The maximum Gasteiger partial charge on any atom is 0.0815 e. The summed E-state index contributed by atoms with van der Waals surface area (Å²) in [6.07, 6.45) is 8.33. The minimum absolute atomic E-state index is 0.266. The molecule has 128 valence electrons. The molecule has 1 heterocycles. The first kappa shape index (κ1) is 16.9. The Morgan fingerprint density at radius 1 is 1.13 bits per heavy atom. The van der Waals surface area contributed by atoms with Crippen LogP contribution in [-0.4, -0.2) is 30.5 Å². The number of aliphatic hydroxyl groups is 1. The largest absolute Gasteiger partial charge is 0.388 e. The summed E-state index contributed by atoms with van der Waals surface area (Å²) >= 11 is 0. The van der Waals surface area contributed by atoms with Crippen molar-refractivity contribution in [1.29, 1.82) is 0 Å². The van der Waals surface area contributed by atoms with Crippen LogP contribution in [0.4, 0.5) is 0 Å². The number of rotatable bonds is 5. The normalized spacial score (nSPS) is 23.6. The molecule has 1 saturated carbocycles. The van der Waals surface area contributed by atoms with Gasteiger partial charge in [-0.15, -0.1) is 0 Å². The lowest BCUT2D eigenvalue weighted by Gasteiger charge is -2.33. The van der Waals surface area contributed by atoms with Gasteiger partial charge in [-0.2, -0.15) is 0 Å². The van der Waals surface area contributed by atoms with E-state index in [1.807, 2.05) is 0 Å². The van der Waals surface area contributed by atoms with Crippen molar-refractivity contribution in [2.45, 2.75) is 69.4 Å². The second-order valence-electron chi connectivity index (χ2n) is 7.44. The fraction of sp³-hybridized carbons (Fsp3) is 0.700. The first-order chi connectivity index (χ1) is 11.2. The molecule has 2 N–H and O–H groups in total. The van der Waals surface area contributed by atoms with Crippen molar-refractivity contribution in [3.8, 4) is 0 Å². The topological polar surface area (TPSA) is 41.5 Å². The molecule has 0 radical (unpaired) electrons. The summed E-state index contributed by atoms with van der Waals surface area (Å²) in [7, 11) is 0. The molecular formula is C20H31NO2. The second kappa shape index (κ2) is 7.78. The summed E-state index contributed by atoms with van der Waals surface area (Å²) in [4.78, 5) is 0. The van der Waals surface area contributed by atoms with E-state index in [-0.39, 0.29) is 6.04 Å². The summed E-state index contributed by atoms with van der Waals surface area (Å²) in [5.74, 6) is 0.768. The van der Waals surface area contributed by atoms with E-state index in [4.69, 9.17) is 4.74 Å². The molecule has 1 atom stereocenters. The van der Waals surface area contributed by atoms with Crippen LogP contribution in [0.5, 0.6) is 0 Å². The van der Waals surface area contributed by atoms with Crippen molar-refractivity contribution < 1.29 is 9.84 Å². The van der Waals surface area contributed by atoms with Crippen molar-refractivity contribution in [3.05, 3.63) is 35.4 Å². The van der Waals surface area contributed by atoms with Gasteiger partial charge < -0.3 is 15.2 Å². The Hall–Kier alpha value is -0.900. The van der Waals surface area contributed by atoms with Gasteiger partial charge in [0.05, 0.1) is 5.60 Å². The van der Waals surface area contributed by atoms with Gasteiger partial charge in [-0.3, -0.25) is 0 Å². The van der Waals surface area contributed by atoms with Crippen molar-refractivity contribution in [1.82, 2.24) is 5.32 Å². The fourth-order valence-corrected chi connectivity index (χ4v) is 3.88. The Balaban J connectivity index is 1.53. The van der Waals surface area contributed by atoms with E-state index in [1.165, 1.54) is 43.2 Å². The molecule has 1 aromatic carbocycles. The van der Waals surface area contributed by atoms with Crippen LogP contribution in [-0.2, 0) is 4.74 Å². The van der Waals surface area contributed by atoms with Gasteiger partial charge in [0.25, 0.3) is 0 Å². The molecule has 0 spiro atoms. The molecule has 0 amide bonds. The highest BCUT2D eigenvalue weighted by molar-refractivity contribution is 5.27. The zero-order chi connectivity index (χ0) is 16.1. The molecule has 1 aliphatic heterocycles. The van der Waals surface area contributed by atoms with Crippen LogP contribution in [0, 0.1) is 0 Å². The monoisotopic (exact) mass is 317 g/mol. The van der Waals surface area contributed by atoms with Crippen molar-refractivity contribution in [2.24, 2.45) is 0 Å². The smallest absolute Gasteiger partial charge is 0.0815 e. The number of hydrogen-bond donors (Lipinski definition) is 2. The number of nitrogens with one attached hydrogen (secondary N) is 1. The molecule has 2 fully saturated rings. The Kier molecular flexibility index (Phi) is 5.73. The average Bonchev–Trinajstić information content (AvgIpc) is 2.61. The minimum Gasteiger partial charge on any atom is -0.388 e.